The van der Waals surface area contributed by atoms with Crippen molar-refractivity contribution in [3.8, 4) is 0 Å². The van der Waals surface area contributed by atoms with Crippen molar-refractivity contribution in [1.29, 1.82) is 0 Å². The summed E-state index contributed by atoms with van der Waals surface area (Å²) in [5.41, 5.74) is 0.881. The molecule has 0 aliphatic rings. The summed E-state index contributed by atoms with van der Waals surface area (Å²) in [4.78, 5) is 4.10. The van der Waals surface area contributed by atoms with E-state index in [2.05, 4.69) is 10.1 Å². The number of aromatic nitrogens is 3. The van der Waals surface area contributed by atoms with Crippen LogP contribution in [0.2, 0.25) is 0 Å². The lowest BCUT2D eigenvalue weighted by molar-refractivity contribution is 0.199. The number of aliphatic hydroxyl groups excluding tert-OH is 1. The van der Waals surface area contributed by atoms with Crippen molar-refractivity contribution in [3.05, 3.63) is 35.7 Å². The van der Waals surface area contributed by atoms with E-state index in [1.807, 2.05) is 23.0 Å². The summed E-state index contributed by atoms with van der Waals surface area (Å²) in [5.74, 6) is 1.20. The van der Waals surface area contributed by atoms with Crippen LogP contribution in [0.4, 0.5) is 0 Å². The molecule has 2 aromatic heterocycles. The standard InChI is InChI=1S/C10H13N3O2/c1-7(14)9-3-4-13(5-9)6-10-11-8(2)12-15-10/h3-5,7,14H,6H2,1-2H3. The molecule has 0 radical (unpaired) electrons. The zero-order valence-electron chi connectivity index (χ0n) is 8.71. The predicted molar refractivity (Wildman–Crippen MR) is 53.2 cm³/mol. The lowest BCUT2D eigenvalue weighted by atomic mass is 10.2. The maximum atomic E-state index is 9.34. The molecule has 0 amide bonds. The molecule has 2 aromatic rings. The highest BCUT2D eigenvalue weighted by Gasteiger charge is 2.06. The zero-order valence-corrected chi connectivity index (χ0v) is 8.71. The topological polar surface area (TPSA) is 64.1 Å². The molecule has 1 atom stereocenters. The summed E-state index contributed by atoms with van der Waals surface area (Å²) in [6, 6.07) is 1.87. The molecule has 1 N–H and O–H groups in total. The minimum atomic E-state index is -0.448. The number of hydrogen-bond donors (Lipinski definition) is 1. The number of nitrogens with zero attached hydrogens (tertiary/aromatic N) is 3. The Kier molecular flexibility index (Phi) is 2.55. The van der Waals surface area contributed by atoms with E-state index in [-0.39, 0.29) is 0 Å². The summed E-state index contributed by atoms with van der Waals surface area (Å²) in [5, 5.41) is 13.0. The number of aliphatic hydroxyl groups is 1. The molecule has 1 unspecified atom stereocenters. The minimum absolute atomic E-state index is 0.448. The van der Waals surface area contributed by atoms with Crippen LogP contribution in [0.25, 0.3) is 0 Å². The largest absolute Gasteiger partial charge is 0.389 e. The summed E-state index contributed by atoms with van der Waals surface area (Å²) < 4.78 is 6.89. The molecule has 0 bridgehead atoms. The monoisotopic (exact) mass is 207 g/mol. The van der Waals surface area contributed by atoms with Crippen LogP contribution in [0.1, 0.15) is 30.3 Å². The van der Waals surface area contributed by atoms with Gasteiger partial charge in [-0.25, -0.2) is 0 Å². The first-order valence-corrected chi connectivity index (χ1v) is 4.78. The molecule has 5 heteroatoms. The van der Waals surface area contributed by atoms with E-state index in [1.165, 1.54) is 0 Å². The minimum Gasteiger partial charge on any atom is -0.389 e. The molecule has 0 spiro atoms. The van der Waals surface area contributed by atoms with Crippen LogP contribution >= 0.6 is 0 Å². The molecule has 2 heterocycles. The molecule has 80 valence electrons. The zero-order chi connectivity index (χ0) is 10.8. The van der Waals surface area contributed by atoms with Crippen LogP contribution in [0, 0.1) is 6.92 Å². The Morgan fingerprint density at radius 1 is 1.60 bits per heavy atom. The molecule has 0 aromatic carbocycles. The second-order valence-corrected chi connectivity index (χ2v) is 3.53. The summed E-state index contributed by atoms with van der Waals surface area (Å²) in [7, 11) is 0. The smallest absolute Gasteiger partial charge is 0.246 e. The highest BCUT2D eigenvalue weighted by atomic mass is 16.5. The Balaban J connectivity index is 2.11. The Labute approximate surface area is 87.3 Å². The Bertz CT molecular complexity index is 445. The van der Waals surface area contributed by atoms with Crippen LogP contribution in [0.15, 0.2) is 23.0 Å². The maximum Gasteiger partial charge on any atom is 0.246 e. The van der Waals surface area contributed by atoms with E-state index in [4.69, 9.17) is 4.52 Å². The third-order valence-electron chi connectivity index (χ3n) is 2.14. The van der Waals surface area contributed by atoms with E-state index in [9.17, 15) is 5.11 Å². The second kappa shape index (κ2) is 3.86. The Morgan fingerprint density at radius 3 is 2.93 bits per heavy atom. The van der Waals surface area contributed by atoms with Gasteiger partial charge in [-0.05, 0) is 25.5 Å². The molecule has 0 fully saturated rings. The summed E-state index contributed by atoms with van der Waals surface area (Å²) >= 11 is 0. The lowest BCUT2D eigenvalue weighted by Gasteiger charge is -1.99. The van der Waals surface area contributed by atoms with Crippen LogP contribution in [0.3, 0.4) is 0 Å². The molecular formula is C10H13N3O2. The van der Waals surface area contributed by atoms with Crippen LogP contribution in [0.5, 0.6) is 0 Å². The SMILES string of the molecule is Cc1noc(Cn2ccc(C(C)O)c2)n1. The average molecular weight is 207 g/mol. The van der Waals surface area contributed by atoms with Gasteiger partial charge in [-0.15, -0.1) is 0 Å². The van der Waals surface area contributed by atoms with Crippen LogP contribution in [-0.4, -0.2) is 19.8 Å². The van der Waals surface area contributed by atoms with Crippen molar-refractivity contribution < 1.29 is 9.63 Å². The first-order valence-electron chi connectivity index (χ1n) is 4.78. The van der Waals surface area contributed by atoms with Crippen LogP contribution in [-0.2, 0) is 6.54 Å². The third kappa shape index (κ3) is 2.24. The molecule has 0 aliphatic heterocycles. The maximum absolute atomic E-state index is 9.34. The Morgan fingerprint density at radius 2 is 2.40 bits per heavy atom. The molecule has 0 aliphatic carbocycles. The first kappa shape index (κ1) is 9.92. The number of aryl methyl sites for hydroxylation is 1. The molecule has 2 rings (SSSR count). The van der Waals surface area contributed by atoms with E-state index < -0.39 is 6.10 Å². The number of rotatable bonds is 3. The van der Waals surface area contributed by atoms with Gasteiger partial charge in [-0.2, -0.15) is 4.98 Å². The highest BCUT2D eigenvalue weighted by Crippen LogP contribution is 2.12. The van der Waals surface area contributed by atoms with Gasteiger partial charge in [0.05, 0.1) is 6.10 Å². The van der Waals surface area contributed by atoms with E-state index in [1.54, 1.807) is 13.8 Å². The third-order valence-corrected chi connectivity index (χ3v) is 2.14. The highest BCUT2D eigenvalue weighted by molar-refractivity contribution is 5.13. The van der Waals surface area contributed by atoms with Gasteiger partial charge in [0.1, 0.15) is 6.54 Å². The summed E-state index contributed by atoms with van der Waals surface area (Å²) in [6.45, 7) is 4.05. The van der Waals surface area contributed by atoms with Gasteiger partial charge in [0.2, 0.25) is 5.89 Å². The van der Waals surface area contributed by atoms with Crippen molar-refractivity contribution in [2.24, 2.45) is 0 Å². The molecule has 15 heavy (non-hydrogen) atoms. The quantitative estimate of drug-likeness (QED) is 0.823. The average Bonchev–Trinajstić information content (AvgIpc) is 2.76. The van der Waals surface area contributed by atoms with Gasteiger partial charge in [-0.3, -0.25) is 0 Å². The van der Waals surface area contributed by atoms with Gasteiger partial charge < -0.3 is 14.2 Å². The number of hydrogen-bond acceptors (Lipinski definition) is 4. The van der Waals surface area contributed by atoms with Gasteiger partial charge in [0.15, 0.2) is 5.82 Å². The molecule has 0 saturated carbocycles. The summed E-state index contributed by atoms with van der Waals surface area (Å²) in [6.07, 6.45) is 3.29. The fourth-order valence-electron chi connectivity index (χ4n) is 1.37. The Hall–Kier alpha value is -1.62. The molecular weight excluding hydrogens is 194 g/mol. The first-order chi connectivity index (χ1) is 7.15. The van der Waals surface area contributed by atoms with E-state index in [0.717, 1.165) is 5.56 Å². The van der Waals surface area contributed by atoms with Gasteiger partial charge in [0.25, 0.3) is 0 Å². The normalized spacial score (nSPS) is 13.0. The lowest BCUT2D eigenvalue weighted by Crippen LogP contribution is -1.97. The van der Waals surface area contributed by atoms with Gasteiger partial charge in [-0.1, -0.05) is 5.16 Å². The van der Waals surface area contributed by atoms with Gasteiger partial charge in [0, 0.05) is 12.4 Å². The van der Waals surface area contributed by atoms with E-state index in [0.29, 0.717) is 18.3 Å². The second-order valence-electron chi connectivity index (χ2n) is 3.53. The van der Waals surface area contributed by atoms with Crippen LogP contribution < -0.4 is 0 Å². The van der Waals surface area contributed by atoms with Crippen molar-refractivity contribution in [1.82, 2.24) is 14.7 Å². The molecule has 0 saturated heterocycles. The van der Waals surface area contributed by atoms with Crippen molar-refractivity contribution in [2.75, 3.05) is 0 Å². The predicted octanol–water partition coefficient (Wildman–Crippen LogP) is 1.28. The molecule has 5 nitrogen and oxygen atoms in total. The van der Waals surface area contributed by atoms with Gasteiger partial charge >= 0.3 is 0 Å². The van der Waals surface area contributed by atoms with Crippen molar-refractivity contribution in [3.63, 3.8) is 0 Å². The van der Waals surface area contributed by atoms with Crippen molar-refractivity contribution in [2.45, 2.75) is 26.5 Å². The van der Waals surface area contributed by atoms with E-state index >= 15 is 0 Å². The fraction of sp³-hybridized carbons (Fsp3) is 0.400. The fourth-order valence-corrected chi connectivity index (χ4v) is 1.37. The van der Waals surface area contributed by atoms with Crippen molar-refractivity contribution >= 4 is 0 Å².